The van der Waals surface area contributed by atoms with Crippen molar-refractivity contribution in [2.45, 2.75) is 18.0 Å². The maximum absolute atomic E-state index is 12.7. The second-order valence-corrected chi connectivity index (χ2v) is 6.89. The standard InChI is InChI=1S/C15H13ClF3NO2S/c1-2-20-23(21,22)12-6-3-10(4-7-12)11-5-8-13(14(16)9-11)15(17,18)19/h3-9,20H,2H2,1H3. The highest BCUT2D eigenvalue weighted by atomic mass is 35.5. The van der Waals surface area contributed by atoms with Gasteiger partial charge in [-0.1, -0.05) is 36.7 Å². The van der Waals surface area contributed by atoms with Crippen LogP contribution in [0.2, 0.25) is 5.02 Å². The molecule has 0 aliphatic heterocycles. The summed E-state index contributed by atoms with van der Waals surface area (Å²) in [4.78, 5) is 0.0844. The van der Waals surface area contributed by atoms with Gasteiger partial charge in [-0.25, -0.2) is 13.1 Å². The largest absolute Gasteiger partial charge is 0.417 e. The molecule has 0 radical (unpaired) electrons. The first kappa shape index (κ1) is 17.8. The number of hydrogen-bond acceptors (Lipinski definition) is 2. The van der Waals surface area contributed by atoms with E-state index in [9.17, 15) is 21.6 Å². The average Bonchev–Trinajstić information content (AvgIpc) is 2.46. The van der Waals surface area contributed by atoms with E-state index in [0.717, 1.165) is 6.07 Å². The zero-order valence-corrected chi connectivity index (χ0v) is 13.6. The van der Waals surface area contributed by atoms with Gasteiger partial charge in [0.05, 0.1) is 15.5 Å². The molecule has 0 spiro atoms. The lowest BCUT2D eigenvalue weighted by atomic mass is 10.0. The third kappa shape index (κ3) is 4.04. The van der Waals surface area contributed by atoms with Gasteiger partial charge < -0.3 is 0 Å². The Labute approximate surface area is 137 Å². The van der Waals surface area contributed by atoms with Crippen molar-refractivity contribution in [3.8, 4) is 11.1 Å². The van der Waals surface area contributed by atoms with Crippen molar-refractivity contribution in [3.63, 3.8) is 0 Å². The van der Waals surface area contributed by atoms with Gasteiger partial charge in [0.2, 0.25) is 10.0 Å². The molecule has 23 heavy (non-hydrogen) atoms. The van der Waals surface area contributed by atoms with Crippen LogP contribution in [-0.4, -0.2) is 15.0 Å². The number of alkyl halides is 3. The number of halogens is 4. The van der Waals surface area contributed by atoms with Crippen LogP contribution in [0.4, 0.5) is 13.2 Å². The van der Waals surface area contributed by atoms with Crippen LogP contribution in [0.1, 0.15) is 12.5 Å². The van der Waals surface area contributed by atoms with Crippen LogP contribution in [0, 0.1) is 0 Å². The highest BCUT2D eigenvalue weighted by Gasteiger charge is 2.33. The van der Waals surface area contributed by atoms with Gasteiger partial charge in [0.1, 0.15) is 0 Å². The lowest BCUT2D eigenvalue weighted by Gasteiger charge is -2.11. The van der Waals surface area contributed by atoms with E-state index in [0.29, 0.717) is 11.1 Å². The summed E-state index contributed by atoms with van der Waals surface area (Å²) < 4.78 is 64.1. The Morgan fingerprint density at radius 3 is 2.09 bits per heavy atom. The summed E-state index contributed by atoms with van der Waals surface area (Å²) in [6.07, 6.45) is -4.51. The van der Waals surface area contributed by atoms with Gasteiger partial charge in [-0.15, -0.1) is 0 Å². The SMILES string of the molecule is CCNS(=O)(=O)c1ccc(-c2ccc(C(F)(F)F)c(Cl)c2)cc1. The zero-order chi connectivity index (χ0) is 17.3. The molecule has 0 heterocycles. The highest BCUT2D eigenvalue weighted by Crippen LogP contribution is 2.36. The Morgan fingerprint density at radius 1 is 1.04 bits per heavy atom. The van der Waals surface area contributed by atoms with Crippen molar-refractivity contribution < 1.29 is 21.6 Å². The summed E-state index contributed by atoms with van der Waals surface area (Å²) in [7, 11) is -3.57. The highest BCUT2D eigenvalue weighted by molar-refractivity contribution is 7.89. The van der Waals surface area contributed by atoms with E-state index >= 15 is 0 Å². The molecule has 3 nitrogen and oxygen atoms in total. The molecule has 0 aromatic heterocycles. The molecule has 0 saturated heterocycles. The fourth-order valence-electron chi connectivity index (χ4n) is 2.02. The molecule has 0 bridgehead atoms. The molecule has 0 atom stereocenters. The van der Waals surface area contributed by atoms with Gasteiger partial charge >= 0.3 is 6.18 Å². The number of hydrogen-bond donors (Lipinski definition) is 1. The molecular weight excluding hydrogens is 351 g/mol. The normalized spacial score (nSPS) is 12.4. The summed E-state index contributed by atoms with van der Waals surface area (Å²) in [5.74, 6) is 0. The number of benzene rings is 2. The number of rotatable bonds is 4. The fraction of sp³-hybridized carbons (Fsp3) is 0.200. The predicted molar refractivity (Wildman–Crippen MR) is 82.8 cm³/mol. The number of sulfonamides is 1. The first-order valence-electron chi connectivity index (χ1n) is 6.62. The molecule has 0 saturated carbocycles. The summed E-state index contributed by atoms with van der Waals surface area (Å²) in [5.41, 5.74) is 0.126. The summed E-state index contributed by atoms with van der Waals surface area (Å²) in [6, 6.07) is 9.21. The van der Waals surface area contributed by atoms with Crippen LogP contribution in [-0.2, 0) is 16.2 Å². The predicted octanol–water partition coefficient (Wildman–Crippen LogP) is 4.32. The van der Waals surface area contributed by atoms with Gasteiger partial charge in [-0.2, -0.15) is 13.2 Å². The van der Waals surface area contributed by atoms with Crippen LogP contribution in [0.25, 0.3) is 11.1 Å². The Kier molecular flexibility index (Phi) is 5.03. The molecule has 1 N–H and O–H groups in total. The van der Waals surface area contributed by atoms with Crippen LogP contribution < -0.4 is 4.72 Å². The third-order valence-electron chi connectivity index (χ3n) is 3.11. The van der Waals surface area contributed by atoms with E-state index in [1.165, 1.54) is 36.4 Å². The molecule has 0 aliphatic rings. The molecule has 0 fully saturated rings. The van der Waals surface area contributed by atoms with E-state index in [-0.39, 0.29) is 11.4 Å². The molecule has 2 aromatic carbocycles. The second kappa shape index (κ2) is 6.51. The smallest absolute Gasteiger partial charge is 0.211 e. The van der Waals surface area contributed by atoms with Gasteiger partial charge in [-0.3, -0.25) is 0 Å². The maximum Gasteiger partial charge on any atom is 0.417 e. The van der Waals surface area contributed by atoms with E-state index in [2.05, 4.69) is 4.72 Å². The molecule has 2 rings (SSSR count). The molecule has 0 amide bonds. The van der Waals surface area contributed by atoms with Crippen LogP contribution >= 0.6 is 11.6 Å². The van der Waals surface area contributed by atoms with E-state index < -0.39 is 26.8 Å². The monoisotopic (exact) mass is 363 g/mol. The Bertz CT molecular complexity index is 802. The van der Waals surface area contributed by atoms with Crippen LogP contribution in [0.3, 0.4) is 0 Å². The van der Waals surface area contributed by atoms with Crippen molar-refractivity contribution in [1.29, 1.82) is 0 Å². The van der Waals surface area contributed by atoms with Crippen molar-refractivity contribution >= 4 is 21.6 Å². The van der Waals surface area contributed by atoms with E-state index in [1.807, 2.05) is 0 Å². The zero-order valence-electron chi connectivity index (χ0n) is 12.0. The molecule has 2 aromatic rings. The fourth-order valence-corrected chi connectivity index (χ4v) is 3.35. The van der Waals surface area contributed by atoms with Gasteiger partial charge in [0, 0.05) is 6.54 Å². The summed E-state index contributed by atoms with van der Waals surface area (Å²) in [5, 5.41) is -0.403. The molecular formula is C15H13ClF3NO2S. The van der Waals surface area contributed by atoms with Gasteiger partial charge in [0.15, 0.2) is 0 Å². The van der Waals surface area contributed by atoms with E-state index in [1.54, 1.807) is 6.92 Å². The van der Waals surface area contributed by atoms with Gasteiger partial charge in [0.25, 0.3) is 0 Å². The Morgan fingerprint density at radius 2 is 1.61 bits per heavy atom. The quantitative estimate of drug-likeness (QED) is 0.879. The molecule has 124 valence electrons. The lowest BCUT2D eigenvalue weighted by Crippen LogP contribution is -2.22. The minimum Gasteiger partial charge on any atom is -0.211 e. The molecule has 0 aliphatic carbocycles. The minimum atomic E-state index is -4.51. The minimum absolute atomic E-state index is 0.0844. The Hall–Kier alpha value is -1.57. The average molecular weight is 364 g/mol. The molecule has 0 unspecified atom stereocenters. The third-order valence-corrected chi connectivity index (χ3v) is 4.98. The molecule has 8 heteroatoms. The Balaban J connectivity index is 2.36. The van der Waals surface area contributed by atoms with Crippen LogP contribution in [0.5, 0.6) is 0 Å². The topological polar surface area (TPSA) is 46.2 Å². The van der Waals surface area contributed by atoms with E-state index in [4.69, 9.17) is 11.6 Å². The maximum atomic E-state index is 12.7. The summed E-state index contributed by atoms with van der Waals surface area (Å²) >= 11 is 5.68. The van der Waals surface area contributed by atoms with Crippen molar-refractivity contribution in [3.05, 3.63) is 53.1 Å². The number of nitrogens with one attached hydrogen (secondary N) is 1. The van der Waals surface area contributed by atoms with Crippen molar-refractivity contribution in [2.75, 3.05) is 6.54 Å². The second-order valence-electron chi connectivity index (χ2n) is 4.72. The van der Waals surface area contributed by atoms with Crippen molar-refractivity contribution in [2.24, 2.45) is 0 Å². The van der Waals surface area contributed by atoms with Crippen molar-refractivity contribution in [1.82, 2.24) is 4.72 Å². The lowest BCUT2D eigenvalue weighted by molar-refractivity contribution is -0.137. The van der Waals surface area contributed by atoms with Gasteiger partial charge in [-0.05, 0) is 35.4 Å². The first-order chi connectivity index (χ1) is 10.6. The summed E-state index contributed by atoms with van der Waals surface area (Å²) in [6.45, 7) is 1.93. The first-order valence-corrected chi connectivity index (χ1v) is 8.48. The van der Waals surface area contributed by atoms with Crippen LogP contribution in [0.15, 0.2) is 47.4 Å².